The van der Waals surface area contributed by atoms with Crippen LogP contribution in [0.3, 0.4) is 0 Å². The summed E-state index contributed by atoms with van der Waals surface area (Å²) in [6.45, 7) is 6.82. The summed E-state index contributed by atoms with van der Waals surface area (Å²) in [6.07, 6.45) is 4.63. The SMILES string of the molecule is CN=C(NCc1ccc(C)cc1SC)NCC1CCCN1CCOC. The molecule has 1 atom stereocenters. The molecule has 6 heteroatoms. The lowest BCUT2D eigenvalue weighted by Crippen LogP contribution is -2.45. The van der Waals surface area contributed by atoms with Crippen molar-refractivity contribution >= 4 is 17.7 Å². The van der Waals surface area contributed by atoms with Crippen molar-refractivity contribution in [1.29, 1.82) is 0 Å². The van der Waals surface area contributed by atoms with Crippen molar-refractivity contribution in [1.82, 2.24) is 15.5 Å². The van der Waals surface area contributed by atoms with Gasteiger partial charge in [0, 0.05) is 44.7 Å². The number of guanidine groups is 1. The van der Waals surface area contributed by atoms with Gasteiger partial charge in [-0.15, -0.1) is 11.8 Å². The van der Waals surface area contributed by atoms with E-state index in [2.05, 4.69) is 51.9 Å². The van der Waals surface area contributed by atoms with E-state index in [0.717, 1.165) is 32.2 Å². The van der Waals surface area contributed by atoms with Gasteiger partial charge < -0.3 is 15.4 Å². The Morgan fingerprint density at radius 2 is 2.24 bits per heavy atom. The van der Waals surface area contributed by atoms with Gasteiger partial charge in [-0.05, 0) is 49.8 Å². The third kappa shape index (κ3) is 6.20. The number of aryl methyl sites for hydroxylation is 1. The lowest BCUT2D eigenvalue weighted by atomic mass is 10.1. The predicted octanol–water partition coefficient (Wildman–Crippen LogP) is 2.49. The molecule has 1 aliphatic rings. The van der Waals surface area contributed by atoms with Crippen LogP contribution in [0.15, 0.2) is 28.1 Å². The van der Waals surface area contributed by atoms with Crippen LogP contribution in [0.2, 0.25) is 0 Å². The predicted molar refractivity (Wildman–Crippen MR) is 108 cm³/mol. The number of likely N-dealkylation sites (tertiary alicyclic amines) is 1. The van der Waals surface area contributed by atoms with Gasteiger partial charge in [-0.1, -0.05) is 12.1 Å². The molecule has 5 nitrogen and oxygen atoms in total. The maximum atomic E-state index is 5.22. The van der Waals surface area contributed by atoms with Gasteiger partial charge in [0.05, 0.1) is 6.61 Å². The second kappa shape index (κ2) is 10.7. The maximum Gasteiger partial charge on any atom is 0.191 e. The highest BCUT2D eigenvalue weighted by atomic mass is 32.2. The van der Waals surface area contributed by atoms with E-state index in [1.54, 1.807) is 18.9 Å². The van der Waals surface area contributed by atoms with Crippen LogP contribution in [0.4, 0.5) is 0 Å². The molecular weight excluding hydrogens is 332 g/mol. The number of rotatable bonds is 8. The molecule has 1 aromatic carbocycles. The fourth-order valence-electron chi connectivity index (χ4n) is 3.24. The molecule has 25 heavy (non-hydrogen) atoms. The average Bonchev–Trinajstić information content (AvgIpc) is 3.08. The van der Waals surface area contributed by atoms with E-state index >= 15 is 0 Å². The van der Waals surface area contributed by atoms with Crippen molar-refractivity contribution in [3.63, 3.8) is 0 Å². The zero-order valence-corrected chi connectivity index (χ0v) is 16.8. The van der Waals surface area contributed by atoms with E-state index in [-0.39, 0.29) is 0 Å². The highest BCUT2D eigenvalue weighted by molar-refractivity contribution is 7.98. The normalized spacial score (nSPS) is 18.6. The summed E-state index contributed by atoms with van der Waals surface area (Å²) in [5, 5.41) is 6.93. The minimum absolute atomic E-state index is 0.565. The minimum atomic E-state index is 0.565. The molecule has 0 aliphatic carbocycles. The third-order valence-electron chi connectivity index (χ3n) is 4.70. The van der Waals surface area contributed by atoms with E-state index in [1.165, 1.54) is 35.4 Å². The molecule has 1 fully saturated rings. The van der Waals surface area contributed by atoms with Crippen molar-refractivity contribution in [2.45, 2.75) is 37.2 Å². The number of nitrogens with one attached hydrogen (secondary N) is 2. The number of thioether (sulfide) groups is 1. The van der Waals surface area contributed by atoms with Crippen LogP contribution >= 0.6 is 11.8 Å². The van der Waals surface area contributed by atoms with Gasteiger partial charge in [-0.25, -0.2) is 0 Å². The Kier molecular flexibility index (Phi) is 8.58. The van der Waals surface area contributed by atoms with Crippen molar-refractivity contribution in [3.05, 3.63) is 29.3 Å². The van der Waals surface area contributed by atoms with E-state index in [1.807, 2.05) is 7.05 Å². The first-order valence-corrected chi connectivity index (χ1v) is 10.2. The summed E-state index contributed by atoms with van der Waals surface area (Å²) in [5.74, 6) is 0.867. The number of hydrogen-bond donors (Lipinski definition) is 2. The first-order valence-electron chi connectivity index (χ1n) is 8.99. The summed E-state index contributed by atoms with van der Waals surface area (Å²) in [5.41, 5.74) is 2.61. The topological polar surface area (TPSA) is 48.9 Å². The van der Waals surface area contributed by atoms with E-state index < -0.39 is 0 Å². The maximum absolute atomic E-state index is 5.22. The molecule has 1 heterocycles. The molecule has 2 rings (SSSR count). The van der Waals surface area contributed by atoms with Crippen LogP contribution in [-0.4, -0.2) is 63.6 Å². The average molecular weight is 365 g/mol. The molecule has 0 aromatic heterocycles. The molecular formula is C19H32N4OS. The summed E-state index contributed by atoms with van der Waals surface area (Å²) < 4.78 is 5.22. The Labute approximate surface area is 156 Å². The quantitative estimate of drug-likeness (QED) is 0.422. The van der Waals surface area contributed by atoms with Gasteiger partial charge in [0.15, 0.2) is 5.96 Å². The standard InChI is InChI=1S/C19H32N4OS/c1-15-7-8-16(18(12-15)25-4)13-21-19(20-2)22-14-17-6-5-9-23(17)10-11-24-3/h7-8,12,17H,5-6,9-11,13-14H2,1-4H3,(H2,20,21,22). The summed E-state index contributed by atoms with van der Waals surface area (Å²) in [4.78, 5) is 8.20. The van der Waals surface area contributed by atoms with Gasteiger partial charge >= 0.3 is 0 Å². The molecule has 1 saturated heterocycles. The van der Waals surface area contributed by atoms with Gasteiger partial charge in [0.2, 0.25) is 0 Å². The minimum Gasteiger partial charge on any atom is -0.383 e. The van der Waals surface area contributed by atoms with Crippen LogP contribution < -0.4 is 10.6 Å². The Hall–Kier alpha value is -1.24. The van der Waals surface area contributed by atoms with E-state index in [9.17, 15) is 0 Å². The second-order valence-electron chi connectivity index (χ2n) is 6.45. The molecule has 2 N–H and O–H groups in total. The van der Waals surface area contributed by atoms with E-state index in [4.69, 9.17) is 4.74 Å². The van der Waals surface area contributed by atoms with Crippen molar-refractivity contribution in [2.75, 3.05) is 46.7 Å². The molecule has 0 radical (unpaired) electrons. The fraction of sp³-hybridized carbons (Fsp3) is 0.632. The van der Waals surface area contributed by atoms with Gasteiger partial charge in [0.25, 0.3) is 0 Å². The van der Waals surface area contributed by atoms with Gasteiger partial charge in [0.1, 0.15) is 0 Å². The van der Waals surface area contributed by atoms with E-state index in [0.29, 0.717) is 6.04 Å². The Bertz CT molecular complexity index is 564. The van der Waals surface area contributed by atoms with Crippen LogP contribution in [0.25, 0.3) is 0 Å². The summed E-state index contributed by atoms with van der Waals surface area (Å²) in [6, 6.07) is 7.17. The van der Waals surface area contributed by atoms with Crippen molar-refractivity contribution in [3.8, 4) is 0 Å². The largest absolute Gasteiger partial charge is 0.383 e. The summed E-state index contributed by atoms with van der Waals surface area (Å²) in [7, 11) is 3.60. The number of ether oxygens (including phenoxy) is 1. The lowest BCUT2D eigenvalue weighted by molar-refractivity contribution is 0.141. The smallest absolute Gasteiger partial charge is 0.191 e. The molecule has 140 valence electrons. The third-order valence-corrected chi connectivity index (χ3v) is 5.52. The summed E-state index contributed by atoms with van der Waals surface area (Å²) >= 11 is 1.79. The molecule has 0 amide bonds. The first-order chi connectivity index (χ1) is 12.2. The van der Waals surface area contributed by atoms with Crippen LogP contribution in [0, 0.1) is 6.92 Å². The van der Waals surface area contributed by atoms with Crippen LogP contribution in [0.5, 0.6) is 0 Å². The van der Waals surface area contributed by atoms with Gasteiger partial charge in [-0.3, -0.25) is 9.89 Å². The van der Waals surface area contributed by atoms with Crippen LogP contribution in [-0.2, 0) is 11.3 Å². The molecule has 0 saturated carbocycles. The fourth-order valence-corrected chi connectivity index (χ4v) is 3.95. The number of methoxy groups -OCH3 is 1. The van der Waals surface area contributed by atoms with Crippen molar-refractivity contribution in [2.24, 2.45) is 4.99 Å². The Morgan fingerprint density at radius 3 is 2.96 bits per heavy atom. The lowest BCUT2D eigenvalue weighted by Gasteiger charge is -2.25. The molecule has 0 spiro atoms. The zero-order valence-electron chi connectivity index (χ0n) is 16.0. The monoisotopic (exact) mass is 364 g/mol. The molecule has 0 bridgehead atoms. The number of aliphatic imine (C=N–C) groups is 1. The Morgan fingerprint density at radius 1 is 1.40 bits per heavy atom. The molecule has 1 aliphatic heterocycles. The Balaban J connectivity index is 1.83. The first kappa shape index (κ1) is 20.1. The zero-order chi connectivity index (χ0) is 18.1. The van der Waals surface area contributed by atoms with Crippen molar-refractivity contribution < 1.29 is 4.74 Å². The number of nitrogens with zero attached hydrogens (tertiary/aromatic N) is 2. The molecule has 1 aromatic rings. The second-order valence-corrected chi connectivity index (χ2v) is 7.29. The van der Waals surface area contributed by atoms with Crippen LogP contribution in [0.1, 0.15) is 24.0 Å². The molecule has 1 unspecified atom stereocenters. The van der Waals surface area contributed by atoms with Gasteiger partial charge in [-0.2, -0.15) is 0 Å². The highest BCUT2D eigenvalue weighted by Crippen LogP contribution is 2.21. The number of benzene rings is 1. The number of hydrogen-bond acceptors (Lipinski definition) is 4. The highest BCUT2D eigenvalue weighted by Gasteiger charge is 2.23.